The summed E-state index contributed by atoms with van der Waals surface area (Å²) in [6.45, 7) is 0.579. The molecule has 1 atom stereocenters. The second kappa shape index (κ2) is 16.5. The van der Waals surface area contributed by atoms with Gasteiger partial charge in [0.05, 0.1) is 19.8 Å². The Hall–Kier alpha value is -4.56. The Morgan fingerprint density at radius 1 is 0.867 bits per heavy atom. The number of allylic oxidation sites excluding steroid dienone is 2. The summed E-state index contributed by atoms with van der Waals surface area (Å²) in [6.07, 6.45) is 10.7. The van der Waals surface area contributed by atoms with Crippen LogP contribution in [0.5, 0.6) is 5.75 Å². The normalized spacial score (nSPS) is 17.6. The summed E-state index contributed by atoms with van der Waals surface area (Å²) in [5, 5.41) is 6.54. The first-order valence-electron chi connectivity index (χ1n) is 15.0. The Kier molecular flexibility index (Phi) is 12.2. The van der Waals surface area contributed by atoms with Crippen molar-refractivity contribution in [2.45, 2.75) is 49.7 Å². The summed E-state index contributed by atoms with van der Waals surface area (Å²) in [7, 11) is 2.67. The van der Waals surface area contributed by atoms with Crippen LogP contribution in [0, 0.1) is 0 Å². The van der Waals surface area contributed by atoms with Gasteiger partial charge in [-0.3, -0.25) is 9.59 Å². The zero-order valence-electron chi connectivity index (χ0n) is 25.5. The highest BCUT2D eigenvalue weighted by Crippen LogP contribution is 2.34. The summed E-state index contributed by atoms with van der Waals surface area (Å²) in [4.78, 5) is 38.1. The van der Waals surface area contributed by atoms with Gasteiger partial charge in [-0.1, -0.05) is 78.7 Å². The molecule has 3 aromatic rings. The van der Waals surface area contributed by atoms with Gasteiger partial charge in [0.2, 0.25) is 0 Å². The number of hydrogen-bond donors (Lipinski definition) is 2. The highest BCUT2D eigenvalue weighted by Gasteiger charge is 2.37. The van der Waals surface area contributed by atoms with Gasteiger partial charge in [0, 0.05) is 36.0 Å². The topological polar surface area (TPSA) is 103 Å². The van der Waals surface area contributed by atoms with E-state index in [9.17, 15) is 14.4 Å². The molecule has 4 rings (SSSR count). The lowest BCUT2D eigenvalue weighted by Crippen LogP contribution is -2.48. The van der Waals surface area contributed by atoms with E-state index < -0.39 is 23.5 Å². The van der Waals surface area contributed by atoms with Gasteiger partial charge in [0.1, 0.15) is 17.4 Å². The fraction of sp³-hybridized carbons (Fsp3) is 0.306. The minimum atomic E-state index is -1.04. The lowest BCUT2D eigenvalue weighted by molar-refractivity contribution is -0.144. The van der Waals surface area contributed by atoms with Gasteiger partial charge in [0.25, 0.3) is 5.91 Å². The second-order valence-corrected chi connectivity index (χ2v) is 11.2. The van der Waals surface area contributed by atoms with Gasteiger partial charge < -0.3 is 24.8 Å². The average Bonchev–Trinajstić information content (AvgIpc) is 3.07. The van der Waals surface area contributed by atoms with Crippen LogP contribution in [0.2, 0.25) is 5.02 Å². The van der Waals surface area contributed by atoms with Crippen molar-refractivity contribution in [3.63, 3.8) is 0 Å². The van der Waals surface area contributed by atoms with Crippen molar-refractivity contribution in [2.24, 2.45) is 0 Å². The number of hydrogen-bond acceptors (Lipinski definition) is 7. The van der Waals surface area contributed by atoms with Crippen LogP contribution >= 0.6 is 11.6 Å². The third-order valence-electron chi connectivity index (χ3n) is 7.55. The molecule has 2 N–H and O–H groups in total. The number of benzene rings is 3. The van der Waals surface area contributed by atoms with E-state index in [4.69, 9.17) is 21.1 Å². The summed E-state index contributed by atoms with van der Waals surface area (Å²) >= 11 is 6.28. The molecule has 0 spiro atoms. The largest absolute Gasteiger partial charge is 0.479 e. The highest BCUT2D eigenvalue weighted by molar-refractivity contribution is 6.31. The molecule has 0 fully saturated rings. The van der Waals surface area contributed by atoms with Crippen molar-refractivity contribution >= 4 is 35.1 Å². The molecule has 0 unspecified atom stereocenters. The molecule has 0 radical (unpaired) electrons. The Morgan fingerprint density at radius 2 is 1.56 bits per heavy atom. The first-order chi connectivity index (χ1) is 21.8. The van der Waals surface area contributed by atoms with Crippen LogP contribution in [-0.4, -0.2) is 50.3 Å². The quantitative estimate of drug-likeness (QED) is 0.107. The Bertz CT molecular complexity index is 1480. The molecule has 0 aromatic heterocycles. The zero-order valence-corrected chi connectivity index (χ0v) is 26.3. The average molecular weight is 631 g/mol. The van der Waals surface area contributed by atoms with Gasteiger partial charge in [0.15, 0.2) is 0 Å². The smallest absolute Gasteiger partial charge is 0.328 e. The number of esters is 2. The minimum Gasteiger partial charge on any atom is -0.479 e. The maximum Gasteiger partial charge on any atom is 0.328 e. The van der Waals surface area contributed by atoms with E-state index in [0.717, 1.165) is 18.4 Å². The molecule has 1 aliphatic rings. The molecule has 45 heavy (non-hydrogen) atoms. The van der Waals surface area contributed by atoms with Crippen molar-refractivity contribution in [1.82, 2.24) is 5.32 Å². The highest BCUT2D eigenvalue weighted by atomic mass is 35.5. The molecule has 8 nitrogen and oxygen atoms in total. The lowest BCUT2D eigenvalue weighted by Gasteiger charge is -2.34. The number of carbonyl (C=O) groups excluding carboxylic acids is 3. The standard InChI is InChI=1S/C36H39ClN2O6/c1-43-33(40)16-10-5-11-23-38-31-18-17-28(37)24-30(31)34(41)39-32(35(42)44-2)25-36(45-29-14-8-4-9-15-29)21-19-27(20-22-36)26-12-6-3-7-13-26/h3-4,6-9,12-15,17-22,24,27,32,38H,5,10-11,16,23,25H2,1-2H3,(H,39,41)/t27?,32-,36?/m0/s1. The Labute approximate surface area is 269 Å². The summed E-state index contributed by atoms with van der Waals surface area (Å²) in [5.41, 5.74) is 0.952. The number of unbranched alkanes of at least 4 members (excludes halogenated alkanes) is 2. The number of para-hydroxylation sites is 1. The number of methoxy groups -OCH3 is 2. The van der Waals surface area contributed by atoms with E-state index in [0.29, 0.717) is 41.4 Å². The lowest BCUT2D eigenvalue weighted by atomic mass is 9.84. The van der Waals surface area contributed by atoms with E-state index in [1.165, 1.54) is 14.2 Å². The number of rotatable bonds is 15. The number of ether oxygens (including phenoxy) is 3. The predicted molar refractivity (Wildman–Crippen MR) is 176 cm³/mol. The van der Waals surface area contributed by atoms with Crippen LogP contribution in [0.4, 0.5) is 5.69 Å². The fourth-order valence-corrected chi connectivity index (χ4v) is 5.32. The van der Waals surface area contributed by atoms with Crippen molar-refractivity contribution in [3.8, 4) is 5.75 Å². The van der Waals surface area contributed by atoms with E-state index in [2.05, 4.69) is 27.5 Å². The summed E-state index contributed by atoms with van der Waals surface area (Å²) in [5.74, 6) is -0.667. The molecular formula is C36H39ClN2O6. The monoisotopic (exact) mass is 630 g/mol. The van der Waals surface area contributed by atoms with E-state index in [-0.39, 0.29) is 18.3 Å². The van der Waals surface area contributed by atoms with Crippen LogP contribution in [0.3, 0.4) is 0 Å². The first kappa shape index (κ1) is 33.3. The van der Waals surface area contributed by atoms with E-state index >= 15 is 0 Å². The van der Waals surface area contributed by atoms with Gasteiger partial charge in [-0.15, -0.1) is 0 Å². The van der Waals surface area contributed by atoms with Gasteiger partial charge in [-0.05, 0) is 60.9 Å². The summed E-state index contributed by atoms with van der Waals surface area (Å²) < 4.78 is 16.3. The predicted octanol–water partition coefficient (Wildman–Crippen LogP) is 6.87. The molecule has 1 amide bonds. The Balaban J connectivity index is 1.51. The van der Waals surface area contributed by atoms with Crippen molar-refractivity contribution < 1.29 is 28.6 Å². The molecule has 0 saturated heterocycles. The maximum absolute atomic E-state index is 13.7. The van der Waals surface area contributed by atoms with Crippen LogP contribution < -0.4 is 15.4 Å². The van der Waals surface area contributed by atoms with E-state index in [1.807, 2.05) is 72.8 Å². The third kappa shape index (κ3) is 9.71. The van der Waals surface area contributed by atoms with Crippen molar-refractivity contribution in [3.05, 3.63) is 119 Å². The van der Waals surface area contributed by atoms with Gasteiger partial charge in [-0.2, -0.15) is 0 Å². The van der Waals surface area contributed by atoms with Crippen LogP contribution in [0.1, 0.15) is 53.9 Å². The maximum atomic E-state index is 13.7. The second-order valence-electron chi connectivity index (χ2n) is 10.8. The summed E-state index contributed by atoms with van der Waals surface area (Å²) in [6, 6.07) is 23.3. The molecule has 1 aliphatic carbocycles. The molecule has 3 aromatic carbocycles. The number of nitrogens with one attached hydrogen (secondary N) is 2. The molecule has 9 heteroatoms. The van der Waals surface area contributed by atoms with Crippen molar-refractivity contribution in [1.29, 1.82) is 0 Å². The SMILES string of the molecule is COC(=O)CCCCCNc1ccc(Cl)cc1C(=O)N[C@@H](CC1(Oc2ccccc2)C=CC(c2ccccc2)C=C1)C(=O)OC. The number of halogens is 1. The van der Waals surface area contributed by atoms with Crippen LogP contribution in [-0.2, 0) is 19.1 Å². The van der Waals surface area contributed by atoms with Crippen LogP contribution in [0.15, 0.2) is 103 Å². The molecule has 0 aliphatic heterocycles. The van der Waals surface area contributed by atoms with Gasteiger partial charge in [-0.25, -0.2) is 4.79 Å². The Morgan fingerprint density at radius 3 is 2.22 bits per heavy atom. The third-order valence-corrected chi connectivity index (χ3v) is 7.78. The first-order valence-corrected chi connectivity index (χ1v) is 15.4. The number of carbonyl (C=O) groups is 3. The number of amides is 1. The van der Waals surface area contributed by atoms with Crippen LogP contribution in [0.25, 0.3) is 0 Å². The van der Waals surface area contributed by atoms with Gasteiger partial charge >= 0.3 is 11.9 Å². The number of anilines is 1. The fourth-order valence-electron chi connectivity index (χ4n) is 5.15. The van der Waals surface area contributed by atoms with E-state index in [1.54, 1.807) is 18.2 Å². The molecule has 236 valence electrons. The molecule has 0 heterocycles. The minimum absolute atomic E-state index is 0.0328. The molecule has 0 bridgehead atoms. The van der Waals surface area contributed by atoms with Crippen molar-refractivity contribution in [2.75, 3.05) is 26.1 Å². The molecule has 0 saturated carbocycles. The molecular weight excluding hydrogens is 592 g/mol. The zero-order chi connectivity index (χ0) is 32.1.